The van der Waals surface area contributed by atoms with E-state index in [0.29, 0.717) is 10.6 Å². The Labute approximate surface area is 197 Å². The van der Waals surface area contributed by atoms with Gasteiger partial charge < -0.3 is 4.74 Å². The Morgan fingerprint density at radius 2 is 1.45 bits per heavy atom. The summed E-state index contributed by atoms with van der Waals surface area (Å²) < 4.78 is 20.4. The van der Waals surface area contributed by atoms with Gasteiger partial charge in [-0.05, 0) is 32.9 Å². The van der Waals surface area contributed by atoms with Crippen LogP contribution in [0.25, 0.3) is 0 Å². The summed E-state index contributed by atoms with van der Waals surface area (Å²) in [7, 11) is -0.0511. The zero-order chi connectivity index (χ0) is 23.6. The van der Waals surface area contributed by atoms with E-state index in [2.05, 4.69) is 0 Å². The summed E-state index contributed by atoms with van der Waals surface area (Å²) in [6.45, 7) is 5.97. The van der Waals surface area contributed by atoms with E-state index in [-0.39, 0.29) is 6.04 Å². The van der Waals surface area contributed by atoms with Gasteiger partial charge in [0.25, 0.3) is 0 Å². The van der Waals surface area contributed by atoms with E-state index in [1.807, 2.05) is 110 Å². The van der Waals surface area contributed by atoms with Crippen LogP contribution in [-0.2, 0) is 20.5 Å². The molecule has 1 aliphatic rings. The SMILES string of the molecule is COC(=O)[C@H](N=C(c1ccccc1)c1ccccc1)[C@H]1N([S@@](=O)c2ccc(C)cc2)C1(C)C. The molecule has 4 atom stereocenters. The third-order valence-corrected chi connectivity index (χ3v) is 7.71. The molecule has 170 valence electrons. The Balaban J connectivity index is 1.76. The molecule has 0 amide bonds. The number of hydrogen-bond acceptors (Lipinski definition) is 4. The predicted octanol–water partition coefficient (Wildman–Crippen LogP) is 4.56. The van der Waals surface area contributed by atoms with Crippen LogP contribution in [0.2, 0.25) is 0 Å². The summed E-state index contributed by atoms with van der Waals surface area (Å²) in [5, 5.41) is 0. The van der Waals surface area contributed by atoms with Gasteiger partial charge in [0.05, 0.1) is 23.8 Å². The van der Waals surface area contributed by atoms with Crippen molar-refractivity contribution in [1.29, 1.82) is 0 Å². The first-order valence-electron chi connectivity index (χ1n) is 10.9. The summed E-state index contributed by atoms with van der Waals surface area (Å²) in [4.78, 5) is 18.6. The molecule has 1 unspecified atom stereocenters. The lowest BCUT2D eigenvalue weighted by Gasteiger charge is -2.15. The minimum atomic E-state index is -1.42. The maximum atomic E-state index is 13.4. The molecule has 4 rings (SSSR count). The van der Waals surface area contributed by atoms with Crippen molar-refractivity contribution >= 4 is 22.7 Å². The van der Waals surface area contributed by atoms with Crippen LogP contribution in [0.1, 0.15) is 30.5 Å². The quantitative estimate of drug-likeness (QED) is 0.295. The maximum absolute atomic E-state index is 13.4. The number of ether oxygens (including phenoxy) is 1. The molecule has 0 aliphatic carbocycles. The molecule has 0 N–H and O–H groups in total. The first-order chi connectivity index (χ1) is 15.8. The van der Waals surface area contributed by atoms with E-state index < -0.39 is 28.5 Å². The van der Waals surface area contributed by atoms with Crippen LogP contribution in [0.3, 0.4) is 0 Å². The van der Waals surface area contributed by atoms with E-state index in [1.54, 1.807) is 0 Å². The van der Waals surface area contributed by atoms with E-state index in [1.165, 1.54) is 7.11 Å². The zero-order valence-corrected chi connectivity index (χ0v) is 20.1. The molecule has 33 heavy (non-hydrogen) atoms. The van der Waals surface area contributed by atoms with Crippen molar-refractivity contribution in [1.82, 2.24) is 4.31 Å². The maximum Gasteiger partial charge on any atom is 0.332 e. The molecule has 1 heterocycles. The Kier molecular flexibility index (Phi) is 6.58. The molecule has 0 bridgehead atoms. The number of benzene rings is 3. The fourth-order valence-corrected chi connectivity index (χ4v) is 5.76. The molecule has 1 saturated heterocycles. The minimum absolute atomic E-state index is 0.366. The smallest absolute Gasteiger partial charge is 0.332 e. The summed E-state index contributed by atoms with van der Waals surface area (Å²) in [5.74, 6) is -0.444. The Morgan fingerprint density at radius 3 is 1.94 bits per heavy atom. The molecule has 6 heteroatoms. The van der Waals surface area contributed by atoms with Crippen molar-refractivity contribution in [2.24, 2.45) is 4.99 Å². The lowest BCUT2D eigenvalue weighted by Crippen LogP contribution is -2.32. The number of nitrogens with zero attached hydrogens (tertiary/aromatic N) is 2. The molecular weight excluding hydrogens is 432 g/mol. The highest BCUT2D eigenvalue weighted by atomic mass is 32.2. The van der Waals surface area contributed by atoms with Gasteiger partial charge in [-0.25, -0.2) is 13.3 Å². The monoisotopic (exact) mass is 460 g/mol. The largest absolute Gasteiger partial charge is 0.467 e. The second kappa shape index (κ2) is 9.41. The van der Waals surface area contributed by atoms with Crippen LogP contribution in [0.5, 0.6) is 0 Å². The first-order valence-corrected chi connectivity index (χ1v) is 12.0. The summed E-state index contributed by atoms with van der Waals surface area (Å²) in [6, 6.07) is 26.0. The highest BCUT2D eigenvalue weighted by molar-refractivity contribution is 7.83. The van der Waals surface area contributed by atoms with Crippen LogP contribution in [0.4, 0.5) is 0 Å². The molecular formula is C27H28N2O3S. The van der Waals surface area contributed by atoms with E-state index in [4.69, 9.17) is 9.73 Å². The topological polar surface area (TPSA) is 58.7 Å². The first kappa shape index (κ1) is 23.1. The molecule has 3 aromatic carbocycles. The van der Waals surface area contributed by atoms with E-state index >= 15 is 0 Å². The average Bonchev–Trinajstić information content (AvgIpc) is 3.41. The van der Waals surface area contributed by atoms with Gasteiger partial charge in [0, 0.05) is 16.7 Å². The van der Waals surface area contributed by atoms with E-state index in [9.17, 15) is 9.00 Å². The number of carbonyl (C=O) groups excluding carboxylic acids is 1. The molecule has 1 fully saturated rings. The number of aliphatic imine (C=N–C) groups is 1. The number of carbonyl (C=O) groups is 1. The van der Waals surface area contributed by atoms with Crippen LogP contribution in [0, 0.1) is 6.92 Å². The van der Waals surface area contributed by atoms with Gasteiger partial charge in [-0.3, -0.25) is 4.99 Å². The van der Waals surface area contributed by atoms with Crippen LogP contribution >= 0.6 is 0 Å². The molecule has 0 aromatic heterocycles. The average molecular weight is 461 g/mol. The fraction of sp³-hybridized carbons (Fsp3) is 0.259. The number of esters is 1. The standard InChI is InChI=1S/C27H28N2O3S/c1-19-15-17-22(18-16-19)33(31)29-25(27(29,2)3)24(26(30)32-4)28-23(20-11-7-5-8-12-20)21-13-9-6-10-14-21/h5-18,24-25H,1-4H3/t24-,25-,29?,33+/m1/s1. The molecule has 0 radical (unpaired) electrons. The van der Waals surface area contributed by atoms with E-state index in [0.717, 1.165) is 16.7 Å². The molecule has 0 saturated carbocycles. The summed E-state index contributed by atoms with van der Waals surface area (Å²) in [5.41, 5.74) is 3.13. The number of hydrogen-bond donors (Lipinski definition) is 0. The van der Waals surface area contributed by atoms with Crippen molar-refractivity contribution in [3.8, 4) is 0 Å². The van der Waals surface area contributed by atoms with Crippen molar-refractivity contribution < 1.29 is 13.7 Å². The Hall–Kier alpha value is -3.09. The van der Waals surface area contributed by atoms with Crippen molar-refractivity contribution in [2.45, 2.75) is 43.3 Å². The molecule has 3 aromatic rings. The van der Waals surface area contributed by atoms with Gasteiger partial charge in [-0.15, -0.1) is 0 Å². The third-order valence-electron chi connectivity index (χ3n) is 5.98. The number of aryl methyl sites for hydroxylation is 1. The van der Waals surface area contributed by atoms with Crippen molar-refractivity contribution in [3.05, 3.63) is 102 Å². The second-order valence-corrected chi connectivity index (χ2v) is 10.0. The van der Waals surface area contributed by atoms with Gasteiger partial charge >= 0.3 is 5.97 Å². The lowest BCUT2D eigenvalue weighted by molar-refractivity contribution is -0.142. The predicted molar refractivity (Wildman–Crippen MR) is 132 cm³/mol. The van der Waals surface area contributed by atoms with Gasteiger partial charge in [-0.1, -0.05) is 78.4 Å². The van der Waals surface area contributed by atoms with Crippen molar-refractivity contribution in [3.63, 3.8) is 0 Å². The van der Waals surface area contributed by atoms with Gasteiger partial charge in [-0.2, -0.15) is 0 Å². The van der Waals surface area contributed by atoms with Gasteiger partial charge in [0.2, 0.25) is 0 Å². The Morgan fingerprint density at radius 1 is 0.939 bits per heavy atom. The normalized spacial score (nSPS) is 20.4. The van der Waals surface area contributed by atoms with Crippen LogP contribution in [0.15, 0.2) is 94.8 Å². The fourth-order valence-electron chi connectivity index (χ4n) is 4.10. The molecule has 1 aliphatic heterocycles. The highest BCUT2D eigenvalue weighted by Crippen LogP contribution is 2.47. The number of methoxy groups -OCH3 is 1. The minimum Gasteiger partial charge on any atom is -0.467 e. The molecule has 0 spiro atoms. The molecule has 5 nitrogen and oxygen atoms in total. The second-order valence-electron chi connectivity index (χ2n) is 8.66. The third kappa shape index (κ3) is 4.68. The highest BCUT2D eigenvalue weighted by Gasteiger charge is 2.64. The van der Waals surface area contributed by atoms with Gasteiger partial charge in [0.15, 0.2) is 6.04 Å². The van der Waals surface area contributed by atoms with Crippen LogP contribution < -0.4 is 0 Å². The lowest BCUT2D eigenvalue weighted by atomic mass is 10.00. The van der Waals surface area contributed by atoms with Crippen LogP contribution in [-0.4, -0.2) is 44.9 Å². The summed E-state index contributed by atoms with van der Waals surface area (Å²) in [6.07, 6.45) is 0. The summed E-state index contributed by atoms with van der Waals surface area (Å²) >= 11 is 0. The van der Waals surface area contributed by atoms with Gasteiger partial charge in [0.1, 0.15) is 11.0 Å². The van der Waals surface area contributed by atoms with Crippen molar-refractivity contribution in [2.75, 3.05) is 7.11 Å². The zero-order valence-electron chi connectivity index (χ0n) is 19.3. The number of rotatable bonds is 7. The Bertz CT molecular complexity index is 1130.